The standard InChI is InChI=1S/C21H26N4O2S/c1-5-11-24-20(27)22-23-21(24)28-13-19(26)18-12-14(2)25(16(18)4)15(3)17-9-7-6-8-10-17/h6-10,12,15H,5,11,13H2,1-4H3,(H,22,27)/t15-/m1/s1. The van der Waals surface area contributed by atoms with Gasteiger partial charge >= 0.3 is 5.69 Å². The molecule has 0 unspecified atom stereocenters. The Morgan fingerprint density at radius 2 is 1.96 bits per heavy atom. The molecule has 3 rings (SSSR count). The van der Waals surface area contributed by atoms with Gasteiger partial charge in [-0.15, -0.1) is 5.10 Å². The SMILES string of the molecule is CCCn1c(SCC(=O)c2cc(C)n([C@H](C)c3ccccc3)c2C)n[nH]c1=O. The Morgan fingerprint density at radius 3 is 2.64 bits per heavy atom. The van der Waals surface area contributed by atoms with Crippen molar-refractivity contribution in [1.29, 1.82) is 0 Å². The molecule has 1 aromatic carbocycles. The Labute approximate surface area is 169 Å². The second-order valence-electron chi connectivity index (χ2n) is 6.92. The highest BCUT2D eigenvalue weighted by atomic mass is 32.2. The van der Waals surface area contributed by atoms with E-state index in [0.29, 0.717) is 11.7 Å². The smallest absolute Gasteiger partial charge is 0.341 e. The van der Waals surface area contributed by atoms with Gasteiger partial charge in [0.15, 0.2) is 10.9 Å². The maximum Gasteiger partial charge on any atom is 0.343 e. The summed E-state index contributed by atoms with van der Waals surface area (Å²) in [7, 11) is 0. The molecule has 6 nitrogen and oxygen atoms in total. The number of benzene rings is 1. The number of aromatic nitrogens is 4. The third kappa shape index (κ3) is 3.99. The predicted octanol–water partition coefficient (Wildman–Crippen LogP) is 3.98. The predicted molar refractivity (Wildman–Crippen MR) is 112 cm³/mol. The number of nitrogens with one attached hydrogen (secondary N) is 1. The second-order valence-corrected chi connectivity index (χ2v) is 7.86. The highest BCUT2D eigenvalue weighted by molar-refractivity contribution is 7.99. The molecule has 0 saturated carbocycles. The van der Waals surface area contributed by atoms with Crippen LogP contribution in [0.15, 0.2) is 46.3 Å². The van der Waals surface area contributed by atoms with Crippen LogP contribution in [0.2, 0.25) is 0 Å². The van der Waals surface area contributed by atoms with E-state index in [2.05, 4.69) is 33.8 Å². The summed E-state index contributed by atoms with van der Waals surface area (Å²) < 4.78 is 3.79. The zero-order valence-electron chi connectivity index (χ0n) is 16.7. The van der Waals surface area contributed by atoms with Crippen molar-refractivity contribution in [3.63, 3.8) is 0 Å². The summed E-state index contributed by atoms with van der Waals surface area (Å²) in [5.41, 5.74) is 3.73. The summed E-state index contributed by atoms with van der Waals surface area (Å²) in [5.74, 6) is 0.293. The Kier molecular flexibility index (Phi) is 6.24. The van der Waals surface area contributed by atoms with E-state index in [1.165, 1.54) is 17.3 Å². The zero-order valence-corrected chi connectivity index (χ0v) is 17.5. The number of hydrogen-bond donors (Lipinski definition) is 1. The van der Waals surface area contributed by atoms with Crippen LogP contribution in [0.5, 0.6) is 0 Å². The normalized spacial score (nSPS) is 12.3. The fourth-order valence-electron chi connectivity index (χ4n) is 3.58. The van der Waals surface area contributed by atoms with E-state index >= 15 is 0 Å². The lowest BCUT2D eigenvalue weighted by molar-refractivity contribution is 0.102. The first-order chi connectivity index (χ1) is 13.4. The minimum Gasteiger partial charge on any atom is -0.341 e. The molecule has 0 bridgehead atoms. The number of H-pyrrole nitrogens is 1. The average molecular weight is 399 g/mol. The molecule has 2 aromatic heterocycles. The van der Waals surface area contributed by atoms with Crippen LogP contribution in [-0.4, -0.2) is 30.9 Å². The highest BCUT2D eigenvalue weighted by Crippen LogP contribution is 2.27. The van der Waals surface area contributed by atoms with E-state index in [1.807, 2.05) is 45.0 Å². The van der Waals surface area contributed by atoms with Crippen molar-refractivity contribution in [3.8, 4) is 0 Å². The number of carbonyl (C=O) groups excluding carboxylic acids is 1. The molecule has 0 aliphatic rings. The van der Waals surface area contributed by atoms with E-state index < -0.39 is 0 Å². The Morgan fingerprint density at radius 1 is 1.25 bits per heavy atom. The Bertz CT molecular complexity index is 1020. The van der Waals surface area contributed by atoms with Gasteiger partial charge < -0.3 is 4.57 Å². The molecule has 7 heteroatoms. The third-order valence-electron chi connectivity index (χ3n) is 4.96. The van der Waals surface area contributed by atoms with Crippen LogP contribution < -0.4 is 5.69 Å². The Hall–Kier alpha value is -2.54. The number of carbonyl (C=O) groups is 1. The summed E-state index contributed by atoms with van der Waals surface area (Å²) in [5, 5.41) is 7.07. The summed E-state index contributed by atoms with van der Waals surface area (Å²) in [6.45, 7) is 8.76. The van der Waals surface area contributed by atoms with Crippen molar-refractivity contribution < 1.29 is 4.79 Å². The molecule has 1 N–H and O–H groups in total. The molecule has 28 heavy (non-hydrogen) atoms. The number of aromatic amines is 1. The van der Waals surface area contributed by atoms with Crippen LogP contribution in [0.1, 0.15) is 53.6 Å². The molecular formula is C21H26N4O2S. The third-order valence-corrected chi connectivity index (χ3v) is 5.93. The maximum absolute atomic E-state index is 12.9. The van der Waals surface area contributed by atoms with Crippen molar-refractivity contribution in [3.05, 3.63) is 69.4 Å². The monoisotopic (exact) mass is 398 g/mol. The first-order valence-electron chi connectivity index (χ1n) is 9.48. The number of ketones is 1. The molecule has 0 aliphatic carbocycles. The maximum atomic E-state index is 12.9. The molecule has 148 valence electrons. The summed E-state index contributed by atoms with van der Waals surface area (Å²) >= 11 is 1.30. The van der Waals surface area contributed by atoms with Crippen LogP contribution in [0.25, 0.3) is 0 Å². The number of Topliss-reactive ketones (excluding diaryl/α,β-unsaturated/α-hetero) is 1. The lowest BCUT2D eigenvalue weighted by Crippen LogP contribution is -2.17. The van der Waals surface area contributed by atoms with Crippen LogP contribution in [0, 0.1) is 13.8 Å². The highest BCUT2D eigenvalue weighted by Gasteiger charge is 2.20. The lowest BCUT2D eigenvalue weighted by Gasteiger charge is -2.19. The van der Waals surface area contributed by atoms with Crippen LogP contribution in [0.3, 0.4) is 0 Å². The molecule has 0 fully saturated rings. The summed E-state index contributed by atoms with van der Waals surface area (Å²) in [4.78, 5) is 24.7. The molecule has 0 saturated heterocycles. The first kappa shape index (κ1) is 20.2. The quantitative estimate of drug-likeness (QED) is 0.460. The van der Waals surface area contributed by atoms with Crippen molar-refractivity contribution >= 4 is 17.5 Å². The van der Waals surface area contributed by atoms with Gasteiger partial charge in [-0.2, -0.15) is 0 Å². The van der Waals surface area contributed by atoms with Gasteiger partial charge in [0.2, 0.25) is 0 Å². The van der Waals surface area contributed by atoms with Gasteiger partial charge in [-0.1, -0.05) is 49.0 Å². The van der Waals surface area contributed by atoms with Crippen molar-refractivity contribution in [1.82, 2.24) is 19.3 Å². The molecule has 2 heterocycles. The van der Waals surface area contributed by atoms with Crippen LogP contribution in [0.4, 0.5) is 0 Å². The van der Waals surface area contributed by atoms with Gasteiger partial charge in [-0.25, -0.2) is 9.89 Å². The van der Waals surface area contributed by atoms with Gasteiger partial charge in [-0.3, -0.25) is 9.36 Å². The molecule has 3 aromatic rings. The van der Waals surface area contributed by atoms with E-state index in [9.17, 15) is 9.59 Å². The molecule has 0 aliphatic heterocycles. The van der Waals surface area contributed by atoms with Crippen LogP contribution in [-0.2, 0) is 6.54 Å². The van der Waals surface area contributed by atoms with E-state index in [-0.39, 0.29) is 23.3 Å². The second kappa shape index (κ2) is 8.65. The van der Waals surface area contributed by atoms with Crippen molar-refractivity contribution in [2.75, 3.05) is 5.75 Å². The largest absolute Gasteiger partial charge is 0.343 e. The minimum absolute atomic E-state index is 0.0445. The van der Waals surface area contributed by atoms with Crippen molar-refractivity contribution in [2.45, 2.75) is 51.9 Å². The molecule has 0 spiro atoms. The molecule has 1 atom stereocenters. The number of thioether (sulfide) groups is 1. The van der Waals surface area contributed by atoms with Crippen molar-refractivity contribution in [2.24, 2.45) is 0 Å². The average Bonchev–Trinajstić information content (AvgIpc) is 3.19. The molecule has 0 amide bonds. The van der Waals surface area contributed by atoms with E-state index in [1.54, 1.807) is 4.57 Å². The fraction of sp³-hybridized carbons (Fsp3) is 0.381. The van der Waals surface area contributed by atoms with Gasteiger partial charge in [0, 0.05) is 23.5 Å². The first-order valence-corrected chi connectivity index (χ1v) is 10.5. The number of aryl methyl sites for hydroxylation is 1. The Balaban J connectivity index is 1.79. The molecule has 0 radical (unpaired) electrons. The molecular weight excluding hydrogens is 372 g/mol. The van der Waals surface area contributed by atoms with Gasteiger partial charge in [0.25, 0.3) is 0 Å². The van der Waals surface area contributed by atoms with E-state index in [0.717, 1.165) is 23.4 Å². The van der Waals surface area contributed by atoms with Crippen LogP contribution >= 0.6 is 11.8 Å². The van der Waals surface area contributed by atoms with E-state index in [4.69, 9.17) is 0 Å². The number of rotatable bonds is 8. The topological polar surface area (TPSA) is 72.7 Å². The fourth-order valence-corrected chi connectivity index (χ4v) is 4.43. The number of nitrogens with zero attached hydrogens (tertiary/aromatic N) is 3. The summed E-state index contributed by atoms with van der Waals surface area (Å²) in [6.07, 6.45) is 0.833. The number of hydrogen-bond acceptors (Lipinski definition) is 4. The van der Waals surface area contributed by atoms with Gasteiger partial charge in [0.05, 0.1) is 11.8 Å². The van der Waals surface area contributed by atoms with Gasteiger partial charge in [-0.05, 0) is 38.8 Å². The zero-order chi connectivity index (χ0) is 20.3. The lowest BCUT2D eigenvalue weighted by atomic mass is 10.1. The van der Waals surface area contributed by atoms with Gasteiger partial charge in [0.1, 0.15) is 0 Å². The summed E-state index contributed by atoms with van der Waals surface area (Å²) in [6, 6.07) is 12.4. The minimum atomic E-state index is -0.230.